The lowest BCUT2D eigenvalue weighted by molar-refractivity contribution is -0.117. The zero-order valence-corrected chi connectivity index (χ0v) is 15.4. The zero-order chi connectivity index (χ0) is 17.9. The summed E-state index contributed by atoms with van der Waals surface area (Å²) >= 11 is 0. The first kappa shape index (κ1) is 17.9. The maximum absolute atomic E-state index is 12.4. The van der Waals surface area contributed by atoms with E-state index >= 15 is 0 Å². The number of benzene rings is 1. The van der Waals surface area contributed by atoms with E-state index in [1.165, 1.54) is 43.4 Å². The van der Waals surface area contributed by atoms with Gasteiger partial charge < -0.3 is 10.2 Å². The summed E-state index contributed by atoms with van der Waals surface area (Å²) in [6.07, 6.45) is 7.91. The van der Waals surface area contributed by atoms with Crippen molar-refractivity contribution < 1.29 is 9.59 Å². The Morgan fingerprint density at radius 1 is 1.16 bits per heavy atom. The summed E-state index contributed by atoms with van der Waals surface area (Å²) in [7, 11) is 3.45. The molecule has 0 atom stereocenters. The zero-order valence-electron chi connectivity index (χ0n) is 15.4. The number of likely N-dealkylation sites (tertiary alicyclic amines) is 1. The van der Waals surface area contributed by atoms with Crippen molar-refractivity contribution in [2.75, 3.05) is 39.0 Å². The molecule has 136 valence electrons. The largest absolute Gasteiger partial charge is 0.345 e. The van der Waals surface area contributed by atoms with Crippen LogP contribution in [0.4, 0.5) is 5.69 Å². The summed E-state index contributed by atoms with van der Waals surface area (Å²) < 4.78 is 0. The Bertz CT molecular complexity index is 636. The predicted octanol–water partition coefficient (Wildman–Crippen LogP) is 2.98. The Morgan fingerprint density at radius 2 is 1.92 bits per heavy atom. The number of carbonyl (C=O) groups excluding carboxylic acids is 2. The third-order valence-corrected chi connectivity index (χ3v) is 5.60. The van der Waals surface area contributed by atoms with Gasteiger partial charge in [-0.3, -0.25) is 14.5 Å². The molecule has 1 spiro atoms. The molecule has 2 aliphatic rings. The van der Waals surface area contributed by atoms with Gasteiger partial charge in [-0.2, -0.15) is 0 Å². The number of nitrogens with zero attached hydrogens (tertiary/aromatic N) is 2. The van der Waals surface area contributed by atoms with Crippen LogP contribution < -0.4 is 5.32 Å². The van der Waals surface area contributed by atoms with Gasteiger partial charge in [-0.15, -0.1) is 0 Å². The van der Waals surface area contributed by atoms with Crippen molar-refractivity contribution in [3.8, 4) is 0 Å². The second-order valence-electron chi connectivity index (χ2n) is 7.85. The highest BCUT2D eigenvalue weighted by Crippen LogP contribution is 2.43. The number of anilines is 1. The molecule has 1 aromatic rings. The summed E-state index contributed by atoms with van der Waals surface area (Å²) in [4.78, 5) is 28.3. The molecule has 1 N–H and O–H groups in total. The van der Waals surface area contributed by atoms with Crippen molar-refractivity contribution in [3.63, 3.8) is 0 Å². The van der Waals surface area contributed by atoms with Gasteiger partial charge in [0, 0.05) is 31.9 Å². The molecule has 25 heavy (non-hydrogen) atoms. The fourth-order valence-electron chi connectivity index (χ4n) is 4.26. The molecule has 0 bridgehead atoms. The monoisotopic (exact) mass is 343 g/mol. The summed E-state index contributed by atoms with van der Waals surface area (Å²) in [5.74, 6) is -0.0582. The summed E-state index contributed by atoms with van der Waals surface area (Å²) in [6.45, 7) is 2.51. The molecule has 5 nitrogen and oxygen atoms in total. The van der Waals surface area contributed by atoms with Gasteiger partial charge in [-0.05, 0) is 49.4 Å². The van der Waals surface area contributed by atoms with Gasteiger partial charge in [0.1, 0.15) is 0 Å². The van der Waals surface area contributed by atoms with Crippen LogP contribution in [0, 0.1) is 5.41 Å². The molecule has 2 amide bonds. The predicted molar refractivity (Wildman–Crippen MR) is 99.7 cm³/mol. The molecule has 1 saturated heterocycles. The molecule has 3 rings (SSSR count). The minimum absolute atomic E-state index is 0.00214. The summed E-state index contributed by atoms with van der Waals surface area (Å²) in [5, 5.41) is 2.94. The van der Waals surface area contributed by atoms with E-state index < -0.39 is 0 Å². The normalized spacial score (nSPS) is 19.8. The standard InChI is InChI=1S/C20H29N3O2/c1-22(2)19(25)16-7-6-8-17(13-16)21-18(24)14-23-12-11-20(15-23)9-4-3-5-10-20/h6-8,13H,3-5,9-12,14-15H2,1-2H3,(H,21,24). The highest BCUT2D eigenvalue weighted by molar-refractivity contribution is 5.97. The van der Waals surface area contributed by atoms with Gasteiger partial charge in [0.25, 0.3) is 5.91 Å². The van der Waals surface area contributed by atoms with E-state index in [2.05, 4.69) is 10.2 Å². The molecule has 1 aromatic carbocycles. The van der Waals surface area contributed by atoms with Crippen LogP contribution in [0.2, 0.25) is 0 Å². The number of hydrogen-bond donors (Lipinski definition) is 1. The molecule has 0 radical (unpaired) electrons. The molecule has 1 saturated carbocycles. The van der Waals surface area contributed by atoms with Gasteiger partial charge in [0.05, 0.1) is 6.54 Å². The Hall–Kier alpha value is -1.88. The second-order valence-corrected chi connectivity index (χ2v) is 7.85. The van der Waals surface area contributed by atoms with Gasteiger partial charge >= 0.3 is 0 Å². The van der Waals surface area contributed by atoms with Gasteiger partial charge in [0.15, 0.2) is 0 Å². The fourth-order valence-corrected chi connectivity index (χ4v) is 4.26. The molecule has 1 heterocycles. The smallest absolute Gasteiger partial charge is 0.253 e. The Kier molecular flexibility index (Phi) is 5.42. The topological polar surface area (TPSA) is 52.7 Å². The molecule has 5 heteroatoms. The van der Waals surface area contributed by atoms with E-state index in [4.69, 9.17) is 0 Å². The lowest BCUT2D eigenvalue weighted by Crippen LogP contribution is -2.34. The van der Waals surface area contributed by atoms with Crippen LogP contribution in [0.15, 0.2) is 24.3 Å². The van der Waals surface area contributed by atoms with Crippen molar-refractivity contribution in [1.29, 1.82) is 0 Å². The SMILES string of the molecule is CN(C)C(=O)c1cccc(NC(=O)CN2CCC3(CCCCC3)C2)c1. The van der Waals surface area contributed by atoms with Crippen LogP contribution in [-0.2, 0) is 4.79 Å². The maximum atomic E-state index is 12.4. The van der Waals surface area contributed by atoms with E-state index in [1.807, 2.05) is 6.07 Å². The lowest BCUT2D eigenvalue weighted by atomic mass is 9.73. The minimum Gasteiger partial charge on any atom is -0.345 e. The van der Waals surface area contributed by atoms with Crippen LogP contribution in [0.5, 0.6) is 0 Å². The molecule has 0 unspecified atom stereocenters. The first-order valence-corrected chi connectivity index (χ1v) is 9.31. The van der Waals surface area contributed by atoms with Crippen molar-refractivity contribution in [2.24, 2.45) is 5.41 Å². The van der Waals surface area contributed by atoms with Gasteiger partial charge in [-0.1, -0.05) is 25.3 Å². The number of hydrogen-bond acceptors (Lipinski definition) is 3. The molecule has 2 fully saturated rings. The van der Waals surface area contributed by atoms with Crippen molar-refractivity contribution in [2.45, 2.75) is 38.5 Å². The van der Waals surface area contributed by atoms with Gasteiger partial charge in [0.2, 0.25) is 5.91 Å². The highest BCUT2D eigenvalue weighted by Gasteiger charge is 2.39. The third kappa shape index (κ3) is 4.40. The quantitative estimate of drug-likeness (QED) is 0.914. The van der Waals surface area contributed by atoms with Crippen LogP contribution in [0.3, 0.4) is 0 Å². The molecule has 1 aliphatic carbocycles. The van der Waals surface area contributed by atoms with Gasteiger partial charge in [-0.25, -0.2) is 0 Å². The van der Waals surface area contributed by atoms with Crippen LogP contribution in [0.1, 0.15) is 48.9 Å². The van der Waals surface area contributed by atoms with E-state index in [9.17, 15) is 9.59 Å². The summed E-state index contributed by atoms with van der Waals surface area (Å²) in [6, 6.07) is 7.15. The maximum Gasteiger partial charge on any atom is 0.253 e. The lowest BCUT2D eigenvalue weighted by Gasteiger charge is -2.33. The van der Waals surface area contributed by atoms with Crippen molar-refractivity contribution >= 4 is 17.5 Å². The average molecular weight is 343 g/mol. The van der Waals surface area contributed by atoms with E-state index in [1.54, 1.807) is 32.3 Å². The van der Waals surface area contributed by atoms with E-state index in [-0.39, 0.29) is 11.8 Å². The molecular formula is C20H29N3O2. The Balaban J connectivity index is 1.55. The minimum atomic E-state index is -0.0603. The summed E-state index contributed by atoms with van der Waals surface area (Å²) in [5.41, 5.74) is 1.74. The molecular weight excluding hydrogens is 314 g/mol. The van der Waals surface area contributed by atoms with E-state index in [0.29, 0.717) is 23.2 Å². The number of amides is 2. The first-order chi connectivity index (χ1) is 12.0. The second kappa shape index (κ2) is 7.56. The van der Waals surface area contributed by atoms with Crippen LogP contribution in [-0.4, -0.2) is 55.3 Å². The Morgan fingerprint density at radius 3 is 2.64 bits per heavy atom. The van der Waals surface area contributed by atoms with Crippen molar-refractivity contribution in [1.82, 2.24) is 9.80 Å². The van der Waals surface area contributed by atoms with Crippen LogP contribution in [0.25, 0.3) is 0 Å². The fraction of sp³-hybridized carbons (Fsp3) is 0.600. The number of rotatable bonds is 4. The molecule has 0 aromatic heterocycles. The number of carbonyl (C=O) groups is 2. The van der Waals surface area contributed by atoms with E-state index in [0.717, 1.165) is 13.1 Å². The third-order valence-electron chi connectivity index (χ3n) is 5.60. The molecule has 1 aliphatic heterocycles. The average Bonchev–Trinajstić information content (AvgIpc) is 2.96. The van der Waals surface area contributed by atoms with Crippen molar-refractivity contribution in [3.05, 3.63) is 29.8 Å². The highest BCUT2D eigenvalue weighted by atomic mass is 16.2. The first-order valence-electron chi connectivity index (χ1n) is 9.31. The Labute approximate surface area is 150 Å². The van der Waals surface area contributed by atoms with Crippen LogP contribution >= 0.6 is 0 Å². The number of nitrogens with one attached hydrogen (secondary N) is 1.